The molecule has 1 aromatic rings. The van der Waals surface area contributed by atoms with Crippen LogP contribution in [0.1, 0.15) is 55.0 Å². The van der Waals surface area contributed by atoms with E-state index >= 15 is 0 Å². The van der Waals surface area contributed by atoms with Crippen molar-refractivity contribution in [3.05, 3.63) is 27.8 Å². The van der Waals surface area contributed by atoms with Crippen molar-refractivity contribution in [3.63, 3.8) is 0 Å². The molecule has 0 saturated carbocycles. The minimum Gasteiger partial charge on any atom is -0.257 e. The quantitative estimate of drug-likeness (QED) is 0.662. The van der Waals surface area contributed by atoms with Gasteiger partial charge in [-0.05, 0) is 68.9 Å². The lowest BCUT2D eigenvalue weighted by Crippen LogP contribution is -2.27. The molecule has 0 aromatic heterocycles. The summed E-state index contributed by atoms with van der Waals surface area (Å²) in [5.74, 6) is 0. The maximum atomic E-state index is 4.86. The van der Waals surface area contributed by atoms with Gasteiger partial charge in [-0.15, -0.1) is 0 Å². The average Bonchev–Trinajstić information content (AvgIpc) is 2.58. The second kappa shape index (κ2) is 3.69. The largest absolute Gasteiger partial charge is 0.257 e. The third kappa shape index (κ3) is 1.41. The first-order chi connectivity index (χ1) is 7.84. The van der Waals surface area contributed by atoms with Crippen molar-refractivity contribution < 1.29 is 0 Å². The Hall–Kier alpha value is -1.11. The lowest BCUT2D eigenvalue weighted by Gasteiger charge is -2.28. The predicted octanol–water partition coefficient (Wildman–Crippen LogP) is 4.69. The average molecular weight is 229 g/mol. The molecule has 0 saturated heterocycles. The fourth-order valence-corrected chi connectivity index (χ4v) is 3.01. The molecule has 0 fully saturated rings. The monoisotopic (exact) mass is 229 g/mol. The van der Waals surface area contributed by atoms with Crippen LogP contribution in [0.15, 0.2) is 4.99 Å². The van der Waals surface area contributed by atoms with Gasteiger partial charge in [0.05, 0.1) is 5.69 Å². The molecule has 92 valence electrons. The number of benzene rings is 1. The van der Waals surface area contributed by atoms with Crippen LogP contribution in [-0.4, -0.2) is 5.71 Å². The molecule has 0 radical (unpaired) electrons. The van der Waals surface area contributed by atoms with E-state index in [1.807, 2.05) is 0 Å². The van der Waals surface area contributed by atoms with Crippen molar-refractivity contribution in [1.82, 2.24) is 0 Å². The highest BCUT2D eigenvalue weighted by Crippen LogP contribution is 2.47. The van der Waals surface area contributed by atoms with Crippen LogP contribution in [0, 0.1) is 27.7 Å². The summed E-state index contributed by atoms with van der Waals surface area (Å²) in [5, 5.41) is 0. The van der Waals surface area contributed by atoms with Crippen molar-refractivity contribution in [1.29, 1.82) is 0 Å². The van der Waals surface area contributed by atoms with Crippen LogP contribution >= 0.6 is 0 Å². The standard InChI is InChI=1S/C16H23N/c1-8-16(7)13(6)17-15-12(5)10(3)9(2)11(4)14(15)16/h8H2,1-7H3. The summed E-state index contributed by atoms with van der Waals surface area (Å²) in [6.07, 6.45) is 1.12. The summed E-state index contributed by atoms with van der Waals surface area (Å²) in [5.41, 5.74) is 9.76. The Bertz CT molecular complexity index is 523. The van der Waals surface area contributed by atoms with Gasteiger partial charge in [-0.1, -0.05) is 13.8 Å². The van der Waals surface area contributed by atoms with E-state index in [1.54, 1.807) is 0 Å². The van der Waals surface area contributed by atoms with Gasteiger partial charge in [0.15, 0.2) is 0 Å². The van der Waals surface area contributed by atoms with Gasteiger partial charge in [-0.3, -0.25) is 4.99 Å². The van der Waals surface area contributed by atoms with E-state index in [2.05, 4.69) is 48.5 Å². The minimum atomic E-state index is 0.142. The second-order valence-electron chi connectivity index (χ2n) is 5.61. The molecule has 1 unspecified atom stereocenters. The molecule has 1 aliphatic rings. The Morgan fingerprint density at radius 3 is 1.94 bits per heavy atom. The summed E-state index contributed by atoms with van der Waals surface area (Å²) >= 11 is 0. The predicted molar refractivity (Wildman–Crippen MR) is 75.8 cm³/mol. The smallest absolute Gasteiger partial charge is 0.0705 e. The summed E-state index contributed by atoms with van der Waals surface area (Å²) in [6, 6.07) is 0. The molecule has 0 amide bonds. The molecule has 1 heteroatoms. The molecule has 0 bridgehead atoms. The number of aliphatic imine (C=N–C) groups is 1. The van der Waals surface area contributed by atoms with E-state index < -0.39 is 0 Å². The first-order valence-corrected chi connectivity index (χ1v) is 6.51. The Morgan fingerprint density at radius 2 is 1.41 bits per heavy atom. The third-order valence-electron chi connectivity index (χ3n) is 4.99. The summed E-state index contributed by atoms with van der Waals surface area (Å²) in [7, 11) is 0. The molecule has 0 aliphatic carbocycles. The lowest BCUT2D eigenvalue weighted by molar-refractivity contribution is 0.619. The maximum Gasteiger partial charge on any atom is 0.0705 e. The number of hydrogen-bond donors (Lipinski definition) is 0. The summed E-state index contributed by atoms with van der Waals surface area (Å²) < 4.78 is 0. The van der Waals surface area contributed by atoms with Crippen LogP contribution in [0.4, 0.5) is 5.69 Å². The van der Waals surface area contributed by atoms with E-state index in [1.165, 1.54) is 39.2 Å². The van der Waals surface area contributed by atoms with Crippen molar-refractivity contribution in [2.75, 3.05) is 0 Å². The first kappa shape index (κ1) is 12.3. The molecule has 0 N–H and O–H groups in total. The summed E-state index contributed by atoms with van der Waals surface area (Å²) in [4.78, 5) is 4.86. The highest BCUT2D eigenvalue weighted by atomic mass is 14.8. The van der Waals surface area contributed by atoms with E-state index in [4.69, 9.17) is 4.99 Å². The Morgan fingerprint density at radius 1 is 0.882 bits per heavy atom. The lowest BCUT2D eigenvalue weighted by atomic mass is 9.74. The van der Waals surface area contributed by atoms with Crippen LogP contribution in [-0.2, 0) is 5.41 Å². The molecular formula is C16H23N. The van der Waals surface area contributed by atoms with Crippen LogP contribution in [0.3, 0.4) is 0 Å². The molecule has 1 heterocycles. The highest BCUT2D eigenvalue weighted by Gasteiger charge is 2.38. The van der Waals surface area contributed by atoms with Gasteiger partial charge in [-0.25, -0.2) is 0 Å². The Kier molecular flexibility index (Phi) is 2.68. The Labute approximate surface area is 105 Å². The minimum absolute atomic E-state index is 0.142. The van der Waals surface area contributed by atoms with Gasteiger partial charge < -0.3 is 0 Å². The number of hydrogen-bond acceptors (Lipinski definition) is 1. The van der Waals surface area contributed by atoms with E-state index in [9.17, 15) is 0 Å². The number of fused-ring (bicyclic) bond motifs is 1. The fourth-order valence-electron chi connectivity index (χ4n) is 3.01. The highest BCUT2D eigenvalue weighted by molar-refractivity contribution is 6.01. The van der Waals surface area contributed by atoms with Gasteiger partial charge in [0, 0.05) is 11.1 Å². The molecule has 1 nitrogen and oxygen atoms in total. The number of rotatable bonds is 1. The van der Waals surface area contributed by atoms with Gasteiger partial charge in [0.1, 0.15) is 0 Å². The fraction of sp³-hybridized carbons (Fsp3) is 0.562. The first-order valence-electron chi connectivity index (χ1n) is 6.51. The van der Waals surface area contributed by atoms with Crippen LogP contribution in [0.25, 0.3) is 0 Å². The molecule has 17 heavy (non-hydrogen) atoms. The molecule has 1 aromatic carbocycles. The molecule has 2 rings (SSSR count). The molecule has 0 spiro atoms. The zero-order valence-electron chi connectivity index (χ0n) is 12.2. The van der Waals surface area contributed by atoms with E-state index in [-0.39, 0.29) is 5.41 Å². The molecule has 1 aliphatic heterocycles. The third-order valence-corrected chi connectivity index (χ3v) is 4.99. The zero-order valence-corrected chi connectivity index (χ0v) is 12.2. The Balaban J connectivity index is 2.87. The van der Waals surface area contributed by atoms with Crippen molar-refractivity contribution in [2.24, 2.45) is 4.99 Å². The maximum absolute atomic E-state index is 4.86. The SMILES string of the molecule is CCC1(C)C(C)=Nc2c(C)c(C)c(C)c(C)c21. The van der Waals surface area contributed by atoms with Crippen molar-refractivity contribution >= 4 is 11.4 Å². The van der Waals surface area contributed by atoms with Crippen molar-refractivity contribution in [2.45, 2.75) is 60.3 Å². The van der Waals surface area contributed by atoms with Gasteiger partial charge in [-0.2, -0.15) is 0 Å². The van der Waals surface area contributed by atoms with E-state index in [0.717, 1.165) is 6.42 Å². The molecule has 1 atom stereocenters. The molecular weight excluding hydrogens is 206 g/mol. The van der Waals surface area contributed by atoms with Crippen LogP contribution in [0.2, 0.25) is 0 Å². The summed E-state index contributed by atoms with van der Waals surface area (Å²) in [6.45, 7) is 15.7. The van der Waals surface area contributed by atoms with Gasteiger partial charge >= 0.3 is 0 Å². The van der Waals surface area contributed by atoms with Gasteiger partial charge in [0.25, 0.3) is 0 Å². The van der Waals surface area contributed by atoms with Crippen LogP contribution in [0.5, 0.6) is 0 Å². The van der Waals surface area contributed by atoms with Crippen LogP contribution < -0.4 is 0 Å². The second-order valence-corrected chi connectivity index (χ2v) is 5.61. The van der Waals surface area contributed by atoms with Gasteiger partial charge in [0.2, 0.25) is 0 Å². The van der Waals surface area contributed by atoms with Crippen molar-refractivity contribution in [3.8, 4) is 0 Å². The topological polar surface area (TPSA) is 12.4 Å². The zero-order chi connectivity index (χ0) is 13.0. The normalized spacial score (nSPS) is 22.6. The number of nitrogens with zero attached hydrogens (tertiary/aromatic N) is 1. The van der Waals surface area contributed by atoms with E-state index in [0.29, 0.717) is 0 Å².